The molecule has 22 heavy (non-hydrogen) atoms. The van der Waals surface area contributed by atoms with Gasteiger partial charge in [0.15, 0.2) is 0 Å². The Bertz CT molecular complexity index is 697. The average molecular weight is 300 g/mol. The van der Waals surface area contributed by atoms with Crippen molar-refractivity contribution >= 4 is 11.7 Å². The van der Waals surface area contributed by atoms with Gasteiger partial charge in [0.1, 0.15) is 11.6 Å². The van der Waals surface area contributed by atoms with Gasteiger partial charge in [-0.1, -0.05) is 6.92 Å². The molecule has 7 nitrogen and oxygen atoms in total. The number of nitrogens with two attached hydrogens (primary N) is 1. The lowest BCUT2D eigenvalue weighted by atomic mass is 9.77. The van der Waals surface area contributed by atoms with Crippen LogP contribution in [-0.4, -0.2) is 39.2 Å². The molecular formula is C15H20N6O. The lowest BCUT2D eigenvalue weighted by Crippen LogP contribution is -2.45. The Hall–Kier alpha value is -2.44. The van der Waals surface area contributed by atoms with E-state index in [2.05, 4.69) is 32.0 Å². The third-order valence-corrected chi connectivity index (χ3v) is 4.29. The Kier molecular flexibility index (Phi) is 3.56. The van der Waals surface area contributed by atoms with Crippen LogP contribution in [0.25, 0.3) is 0 Å². The zero-order valence-electron chi connectivity index (χ0n) is 12.8. The zero-order chi connectivity index (χ0) is 15.7. The maximum atomic E-state index is 11.6. The summed E-state index contributed by atoms with van der Waals surface area (Å²) in [4.78, 5) is 22.5. The molecule has 2 aromatic heterocycles. The number of aryl methyl sites for hydroxylation is 1. The van der Waals surface area contributed by atoms with Crippen molar-refractivity contribution in [3.63, 3.8) is 0 Å². The van der Waals surface area contributed by atoms with E-state index in [-0.39, 0.29) is 5.41 Å². The van der Waals surface area contributed by atoms with Crippen molar-refractivity contribution in [3.8, 4) is 0 Å². The minimum absolute atomic E-state index is 0.210. The van der Waals surface area contributed by atoms with Crippen LogP contribution in [0.4, 0.5) is 5.82 Å². The van der Waals surface area contributed by atoms with Crippen LogP contribution < -0.4 is 10.6 Å². The number of aromatic amines is 1. The summed E-state index contributed by atoms with van der Waals surface area (Å²) in [5, 5.41) is 6.98. The van der Waals surface area contributed by atoms with Crippen molar-refractivity contribution in [1.29, 1.82) is 0 Å². The maximum Gasteiger partial charge on any atom is 0.252 e. The normalized spacial score (nSPS) is 21.8. The highest BCUT2D eigenvalue weighted by atomic mass is 16.1. The Morgan fingerprint density at radius 2 is 2.32 bits per heavy atom. The van der Waals surface area contributed by atoms with Gasteiger partial charge in [-0.25, -0.2) is 9.97 Å². The topological polar surface area (TPSA) is 101 Å². The van der Waals surface area contributed by atoms with Crippen LogP contribution in [-0.2, 0) is 5.41 Å². The van der Waals surface area contributed by atoms with Gasteiger partial charge >= 0.3 is 0 Å². The number of nitrogens with zero attached hydrogens (tertiary/aromatic N) is 4. The SMILES string of the molecule is Cc1nccc(N2CCC[C@](C)(c3[nH]ncc3C(N)=O)C2)n1. The third-order valence-electron chi connectivity index (χ3n) is 4.29. The molecule has 0 spiro atoms. The standard InChI is InChI=1S/C15H20N6O/c1-10-17-6-4-12(19-10)21-7-3-5-15(2,9-21)13-11(14(16)22)8-18-20-13/h4,6,8H,3,5,7,9H2,1-2H3,(H2,16,22)(H,18,20)/t15-/m0/s1. The summed E-state index contributed by atoms with van der Waals surface area (Å²) in [5.41, 5.74) is 6.54. The van der Waals surface area contributed by atoms with E-state index in [1.54, 1.807) is 6.20 Å². The smallest absolute Gasteiger partial charge is 0.252 e. The molecule has 0 radical (unpaired) electrons. The highest BCUT2D eigenvalue weighted by Gasteiger charge is 2.37. The molecule has 0 aromatic carbocycles. The van der Waals surface area contributed by atoms with E-state index in [0.717, 1.165) is 43.3 Å². The molecule has 1 saturated heterocycles. The molecule has 3 rings (SSSR count). The fraction of sp³-hybridized carbons (Fsp3) is 0.467. The summed E-state index contributed by atoms with van der Waals surface area (Å²) in [6.45, 7) is 5.71. The Morgan fingerprint density at radius 1 is 1.50 bits per heavy atom. The summed E-state index contributed by atoms with van der Waals surface area (Å²) >= 11 is 0. The predicted molar refractivity (Wildman–Crippen MR) is 82.7 cm³/mol. The number of rotatable bonds is 3. The van der Waals surface area contributed by atoms with Crippen molar-refractivity contribution in [3.05, 3.63) is 35.5 Å². The summed E-state index contributed by atoms with van der Waals surface area (Å²) in [7, 11) is 0. The number of nitrogens with one attached hydrogen (secondary N) is 1. The molecule has 0 unspecified atom stereocenters. The van der Waals surface area contributed by atoms with Gasteiger partial charge in [-0.3, -0.25) is 9.89 Å². The highest BCUT2D eigenvalue weighted by molar-refractivity contribution is 5.94. The summed E-state index contributed by atoms with van der Waals surface area (Å²) in [6.07, 6.45) is 5.26. The number of piperidine rings is 1. The molecular weight excluding hydrogens is 280 g/mol. The van der Waals surface area contributed by atoms with E-state index in [1.807, 2.05) is 13.0 Å². The van der Waals surface area contributed by atoms with Crippen LogP contribution in [0.5, 0.6) is 0 Å². The van der Waals surface area contributed by atoms with Crippen LogP contribution in [0.3, 0.4) is 0 Å². The fourth-order valence-corrected chi connectivity index (χ4v) is 3.19. The first-order valence-corrected chi connectivity index (χ1v) is 7.38. The number of hydrogen-bond acceptors (Lipinski definition) is 5. The summed E-state index contributed by atoms with van der Waals surface area (Å²) in [6, 6.07) is 1.92. The molecule has 7 heteroatoms. The number of H-pyrrole nitrogens is 1. The van der Waals surface area contributed by atoms with Gasteiger partial charge in [0.2, 0.25) is 0 Å². The first-order chi connectivity index (χ1) is 10.5. The quantitative estimate of drug-likeness (QED) is 0.886. The summed E-state index contributed by atoms with van der Waals surface area (Å²) in [5.74, 6) is 1.22. The van der Waals surface area contributed by atoms with Crippen LogP contribution in [0, 0.1) is 6.92 Å². The van der Waals surface area contributed by atoms with Gasteiger partial charge in [-0.05, 0) is 25.8 Å². The molecule has 1 aliphatic rings. The van der Waals surface area contributed by atoms with E-state index >= 15 is 0 Å². The van der Waals surface area contributed by atoms with E-state index < -0.39 is 5.91 Å². The first kappa shape index (κ1) is 14.5. The van der Waals surface area contributed by atoms with Crippen molar-refractivity contribution in [2.24, 2.45) is 5.73 Å². The number of hydrogen-bond donors (Lipinski definition) is 2. The van der Waals surface area contributed by atoms with Crippen LogP contribution in [0.1, 0.15) is 41.6 Å². The molecule has 3 heterocycles. The second-order valence-electron chi connectivity index (χ2n) is 6.07. The number of amides is 1. The molecule has 116 valence electrons. The molecule has 1 fully saturated rings. The molecule has 0 bridgehead atoms. The number of anilines is 1. The van der Waals surface area contributed by atoms with Crippen LogP contribution in [0.15, 0.2) is 18.5 Å². The fourth-order valence-electron chi connectivity index (χ4n) is 3.19. The number of aromatic nitrogens is 4. The minimum Gasteiger partial charge on any atom is -0.365 e. The maximum absolute atomic E-state index is 11.6. The van der Waals surface area contributed by atoms with Crippen LogP contribution >= 0.6 is 0 Å². The molecule has 0 aliphatic carbocycles. The zero-order valence-corrected chi connectivity index (χ0v) is 12.8. The van der Waals surface area contributed by atoms with Crippen molar-refractivity contribution in [2.75, 3.05) is 18.0 Å². The van der Waals surface area contributed by atoms with Gasteiger partial charge < -0.3 is 10.6 Å². The Labute approximate surface area is 129 Å². The van der Waals surface area contributed by atoms with Crippen molar-refractivity contribution in [2.45, 2.75) is 32.1 Å². The summed E-state index contributed by atoms with van der Waals surface area (Å²) < 4.78 is 0. The van der Waals surface area contributed by atoms with Crippen molar-refractivity contribution < 1.29 is 4.79 Å². The number of primary amides is 1. The molecule has 2 aromatic rings. The van der Waals surface area contributed by atoms with Gasteiger partial charge in [0.25, 0.3) is 5.91 Å². The average Bonchev–Trinajstić information content (AvgIpc) is 2.98. The number of carbonyl (C=O) groups excluding carboxylic acids is 1. The molecule has 3 N–H and O–H groups in total. The Balaban J connectivity index is 1.91. The monoisotopic (exact) mass is 300 g/mol. The van der Waals surface area contributed by atoms with E-state index in [4.69, 9.17) is 5.73 Å². The van der Waals surface area contributed by atoms with E-state index in [1.165, 1.54) is 6.20 Å². The molecule has 1 aliphatic heterocycles. The molecule has 1 amide bonds. The van der Waals surface area contributed by atoms with E-state index in [0.29, 0.717) is 5.56 Å². The second kappa shape index (κ2) is 5.40. The first-order valence-electron chi connectivity index (χ1n) is 7.38. The number of carbonyl (C=O) groups is 1. The Morgan fingerprint density at radius 3 is 3.05 bits per heavy atom. The molecule has 0 saturated carbocycles. The van der Waals surface area contributed by atoms with Gasteiger partial charge in [-0.2, -0.15) is 5.10 Å². The van der Waals surface area contributed by atoms with Gasteiger partial charge in [0, 0.05) is 24.7 Å². The molecule has 1 atom stereocenters. The van der Waals surface area contributed by atoms with E-state index in [9.17, 15) is 4.79 Å². The van der Waals surface area contributed by atoms with Gasteiger partial charge in [0.05, 0.1) is 17.5 Å². The van der Waals surface area contributed by atoms with Crippen LogP contribution in [0.2, 0.25) is 0 Å². The lowest BCUT2D eigenvalue weighted by molar-refractivity contribution is 0.0997. The lowest BCUT2D eigenvalue weighted by Gasteiger charge is -2.40. The minimum atomic E-state index is -0.444. The highest BCUT2D eigenvalue weighted by Crippen LogP contribution is 2.35. The predicted octanol–water partition coefficient (Wildman–Crippen LogP) is 1.17. The second-order valence-corrected chi connectivity index (χ2v) is 6.07. The third kappa shape index (κ3) is 2.54. The van der Waals surface area contributed by atoms with Crippen molar-refractivity contribution in [1.82, 2.24) is 20.2 Å². The van der Waals surface area contributed by atoms with Gasteiger partial charge in [-0.15, -0.1) is 0 Å². The largest absolute Gasteiger partial charge is 0.365 e.